The number of halogens is 1. The molecule has 0 bridgehead atoms. The van der Waals surface area contributed by atoms with E-state index in [4.69, 9.17) is 0 Å². The van der Waals surface area contributed by atoms with Crippen LogP contribution in [0.25, 0.3) is 11.1 Å². The van der Waals surface area contributed by atoms with Gasteiger partial charge in [-0.25, -0.2) is 4.39 Å². The second-order valence-electron chi connectivity index (χ2n) is 7.73. The van der Waals surface area contributed by atoms with Crippen molar-refractivity contribution in [2.24, 2.45) is 5.41 Å². The first-order chi connectivity index (χ1) is 14.0. The van der Waals surface area contributed by atoms with E-state index in [1.54, 1.807) is 12.1 Å². The normalized spacial score (nSPS) is 15.8. The van der Waals surface area contributed by atoms with Gasteiger partial charge in [0.2, 0.25) is 11.8 Å². The van der Waals surface area contributed by atoms with Crippen molar-refractivity contribution in [3.63, 3.8) is 0 Å². The van der Waals surface area contributed by atoms with Crippen LogP contribution in [-0.2, 0) is 16.0 Å². The van der Waals surface area contributed by atoms with Gasteiger partial charge < -0.3 is 10.2 Å². The van der Waals surface area contributed by atoms with Gasteiger partial charge in [0.25, 0.3) is 0 Å². The van der Waals surface area contributed by atoms with Crippen LogP contribution < -0.4 is 5.32 Å². The summed E-state index contributed by atoms with van der Waals surface area (Å²) in [5.41, 5.74) is 1.93. The van der Waals surface area contributed by atoms with Gasteiger partial charge in [-0.05, 0) is 43.4 Å². The molecule has 0 radical (unpaired) electrons. The number of nitrogens with one attached hydrogen (secondary N) is 1. The first-order valence-corrected chi connectivity index (χ1v) is 10.4. The van der Waals surface area contributed by atoms with Gasteiger partial charge in [0.1, 0.15) is 5.82 Å². The van der Waals surface area contributed by atoms with Crippen molar-refractivity contribution in [2.45, 2.75) is 39.5 Å². The summed E-state index contributed by atoms with van der Waals surface area (Å²) < 4.78 is 14.0. The highest BCUT2D eigenvalue weighted by atomic mass is 19.1. The molecule has 1 aliphatic rings. The Balaban J connectivity index is 1.79. The summed E-state index contributed by atoms with van der Waals surface area (Å²) >= 11 is 0. The molecule has 1 saturated heterocycles. The fourth-order valence-electron chi connectivity index (χ4n) is 4.13. The quantitative estimate of drug-likeness (QED) is 0.796. The summed E-state index contributed by atoms with van der Waals surface area (Å²) in [6, 6.07) is 14.5. The lowest BCUT2D eigenvalue weighted by Crippen LogP contribution is -2.51. The van der Waals surface area contributed by atoms with Gasteiger partial charge in [0, 0.05) is 31.6 Å². The zero-order chi connectivity index (χ0) is 20.9. The Labute approximate surface area is 172 Å². The Kier molecular flexibility index (Phi) is 6.68. The van der Waals surface area contributed by atoms with E-state index < -0.39 is 5.41 Å². The molecular formula is C24H29FN2O2. The topological polar surface area (TPSA) is 49.4 Å². The van der Waals surface area contributed by atoms with Gasteiger partial charge in [-0.3, -0.25) is 9.59 Å². The van der Waals surface area contributed by atoms with Gasteiger partial charge in [-0.15, -0.1) is 0 Å². The lowest BCUT2D eigenvalue weighted by molar-refractivity contribution is -0.140. The summed E-state index contributed by atoms with van der Waals surface area (Å²) in [6.45, 7) is 5.59. The maximum absolute atomic E-state index is 14.0. The van der Waals surface area contributed by atoms with Crippen molar-refractivity contribution >= 4 is 11.8 Å². The molecule has 5 heteroatoms. The average Bonchev–Trinajstić information content (AvgIpc) is 2.75. The number of likely N-dealkylation sites (tertiary alicyclic amines) is 1. The number of nitrogens with zero attached hydrogens (tertiary/aromatic N) is 1. The van der Waals surface area contributed by atoms with Crippen LogP contribution in [0.4, 0.5) is 4.39 Å². The number of rotatable bonds is 6. The molecule has 3 rings (SSSR count). The van der Waals surface area contributed by atoms with Crippen LogP contribution in [0.2, 0.25) is 0 Å². The molecule has 0 spiro atoms. The molecule has 2 aromatic carbocycles. The van der Waals surface area contributed by atoms with Crippen molar-refractivity contribution in [2.75, 3.05) is 19.6 Å². The van der Waals surface area contributed by atoms with Crippen LogP contribution >= 0.6 is 0 Å². The zero-order valence-electron chi connectivity index (χ0n) is 17.2. The average molecular weight is 397 g/mol. The van der Waals surface area contributed by atoms with Crippen molar-refractivity contribution in [3.05, 3.63) is 59.9 Å². The molecular weight excluding hydrogens is 367 g/mol. The number of carbonyl (C=O) groups is 2. The summed E-state index contributed by atoms with van der Waals surface area (Å²) in [5.74, 6) is -0.0440. The van der Waals surface area contributed by atoms with Crippen LogP contribution in [-0.4, -0.2) is 36.3 Å². The molecule has 29 heavy (non-hydrogen) atoms. The highest BCUT2D eigenvalue weighted by Gasteiger charge is 2.41. The van der Waals surface area contributed by atoms with E-state index in [2.05, 4.69) is 5.32 Å². The minimum Gasteiger partial charge on any atom is -0.356 e. The summed E-state index contributed by atoms with van der Waals surface area (Å²) in [7, 11) is 0. The predicted molar refractivity (Wildman–Crippen MR) is 113 cm³/mol. The minimum atomic E-state index is -0.514. The Morgan fingerprint density at radius 3 is 2.28 bits per heavy atom. The lowest BCUT2D eigenvalue weighted by Gasteiger charge is -2.41. The smallest absolute Gasteiger partial charge is 0.226 e. The number of amides is 2. The number of hydrogen-bond acceptors (Lipinski definition) is 2. The van der Waals surface area contributed by atoms with Crippen molar-refractivity contribution in [1.82, 2.24) is 10.2 Å². The molecule has 1 aliphatic heterocycles. The monoisotopic (exact) mass is 396 g/mol. The van der Waals surface area contributed by atoms with Crippen molar-refractivity contribution < 1.29 is 14.0 Å². The van der Waals surface area contributed by atoms with E-state index in [0.29, 0.717) is 50.9 Å². The Morgan fingerprint density at radius 1 is 1.03 bits per heavy atom. The van der Waals surface area contributed by atoms with Gasteiger partial charge >= 0.3 is 0 Å². The lowest BCUT2D eigenvalue weighted by atomic mass is 9.72. The molecule has 1 N–H and O–H groups in total. The minimum absolute atomic E-state index is 0.0572. The standard InChI is InChI=1S/C24H29FN2O2/c1-3-22(28)27-15-13-24(14-16-27,23(29)26-4-2)17-18-9-11-19(12-10-18)20-7-5-6-8-21(20)25/h5-12H,3-4,13-17H2,1-2H3,(H,26,29). The van der Waals surface area contributed by atoms with E-state index in [1.165, 1.54) is 6.07 Å². The fraction of sp³-hybridized carbons (Fsp3) is 0.417. The molecule has 1 heterocycles. The molecule has 0 aromatic heterocycles. The Bertz CT molecular complexity index is 855. The summed E-state index contributed by atoms with van der Waals surface area (Å²) in [6.07, 6.45) is 2.41. The van der Waals surface area contributed by atoms with Crippen LogP contribution in [0.15, 0.2) is 48.5 Å². The van der Waals surface area contributed by atoms with E-state index in [0.717, 1.165) is 11.1 Å². The molecule has 0 unspecified atom stereocenters. The zero-order valence-corrected chi connectivity index (χ0v) is 17.2. The predicted octanol–water partition coefficient (Wildman–Crippen LogP) is 4.19. The summed E-state index contributed by atoms with van der Waals surface area (Å²) in [5, 5.41) is 2.99. The van der Waals surface area contributed by atoms with Gasteiger partial charge in [0.05, 0.1) is 5.41 Å². The third-order valence-electron chi connectivity index (χ3n) is 5.88. The fourth-order valence-corrected chi connectivity index (χ4v) is 4.13. The maximum atomic E-state index is 14.0. The van der Waals surface area contributed by atoms with Crippen LogP contribution in [0, 0.1) is 11.2 Å². The number of carbonyl (C=O) groups excluding carboxylic acids is 2. The molecule has 0 aliphatic carbocycles. The van der Waals surface area contributed by atoms with Crippen molar-refractivity contribution in [3.8, 4) is 11.1 Å². The van der Waals surface area contributed by atoms with Crippen molar-refractivity contribution in [1.29, 1.82) is 0 Å². The highest BCUT2D eigenvalue weighted by molar-refractivity contribution is 5.84. The van der Waals surface area contributed by atoms with E-state index >= 15 is 0 Å². The number of piperidine rings is 1. The Morgan fingerprint density at radius 2 is 1.69 bits per heavy atom. The largest absolute Gasteiger partial charge is 0.356 e. The van der Waals surface area contributed by atoms with E-state index in [9.17, 15) is 14.0 Å². The molecule has 2 amide bonds. The second-order valence-corrected chi connectivity index (χ2v) is 7.73. The number of benzene rings is 2. The van der Waals surface area contributed by atoms with Crippen LogP contribution in [0.3, 0.4) is 0 Å². The molecule has 0 atom stereocenters. The van der Waals surface area contributed by atoms with Crippen LogP contribution in [0.1, 0.15) is 38.7 Å². The molecule has 0 saturated carbocycles. The van der Waals surface area contributed by atoms with Gasteiger partial charge in [-0.2, -0.15) is 0 Å². The second kappa shape index (κ2) is 9.21. The molecule has 1 fully saturated rings. The molecule has 2 aromatic rings. The Hall–Kier alpha value is -2.69. The first-order valence-electron chi connectivity index (χ1n) is 10.4. The molecule has 4 nitrogen and oxygen atoms in total. The van der Waals surface area contributed by atoms with Crippen LogP contribution in [0.5, 0.6) is 0 Å². The van der Waals surface area contributed by atoms with E-state index in [1.807, 2.05) is 49.1 Å². The summed E-state index contributed by atoms with van der Waals surface area (Å²) in [4.78, 5) is 26.8. The first kappa shape index (κ1) is 21.0. The SMILES string of the molecule is CCNC(=O)C1(Cc2ccc(-c3ccccc3F)cc2)CCN(C(=O)CC)CC1. The number of hydrogen-bond donors (Lipinski definition) is 1. The molecule has 154 valence electrons. The van der Waals surface area contributed by atoms with E-state index in [-0.39, 0.29) is 17.6 Å². The highest BCUT2D eigenvalue weighted by Crippen LogP contribution is 2.36. The van der Waals surface area contributed by atoms with Gasteiger partial charge in [0.15, 0.2) is 0 Å². The third-order valence-corrected chi connectivity index (χ3v) is 5.88. The maximum Gasteiger partial charge on any atom is 0.226 e. The third kappa shape index (κ3) is 4.66. The van der Waals surface area contributed by atoms with Gasteiger partial charge in [-0.1, -0.05) is 49.4 Å².